The van der Waals surface area contributed by atoms with Crippen LogP contribution in [0.15, 0.2) is 47.1 Å². The molecule has 136 valence electrons. The average Bonchev–Trinajstić information content (AvgIpc) is 3.29. The highest BCUT2D eigenvalue weighted by molar-refractivity contribution is 5.90. The van der Waals surface area contributed by atoms with Crippen molar-refractivity contribution in [3.8, 4) is 23.3 Å². The summed E-state index contributed by atoms with van der Waals surface area (Å²) in [5.74, 6) is 1.43. The number of rotatable bonds is 7. The Morgan fingerprint density at radius 3 is 2.85 bits per heavy atom. The summed E-state index contributed by atoms with van der Waals surface area (Å²) in [7, 11) is 0. The summed E-state index contributed by atoms with van der Waals surface area (Å²) in [5.41, 5.74) is 1.44. The number of carbonyl (C=O) groups is 1. The Labute approximate surface area is 152 Å². The maximum Gasteiger partial charge on any atom is 0.336 e. The number of benzene rings is 1. The van der Waals surface area contributed by atoms with Gasteiger partial charge in [-0.25, -0.2) is 4.68 Å². The zero-order chi connectivity index (χ0) is 18.5. The molecule has 0 atom stereocenters. The van der Waals surface area contributed by atoms with Gasteiger partial charge in [0.05, 0.1) is 18.6 Å². The molecule has 0 spiro atoms. The fourth-order valence-corrected chi connectivity index (χ4v) is 2.31. The third-order valence-corrected chi connectivity index (χ3v) is 3.57. The average molecular weight is 354 g/mol. The van der Waals surface area contributed by atoms with Gasteiger partial charge in [0, 0.05) is 12.1 Å². The molecule has 1 aromatic carbocycles. The van der Waals surface area contributed by atoms with Crippen LogP contribution in [0.5, 0.6) is 6.01 Å². The van der Waals surface area contributed by atoms with Crippen LogP contribution in [0.3, 0.4) is 0 Å². The zero-order valence-electron chi connectivity index (χ0n) is 15.1. The van der Waals surface area contributed by atoms with Gasteiger partial charge in [0.15, 0.2) is 5.76 Å². The predicted octanol–water partition coefficient (Wildman–Crippen LogP) is 3.91. The Kier molecular flexibility index (Phi) is 5.36. The van der Waals surface area contributed by atoms with Crippen LogP contribution in [0.4, 0.5) is 5.69 Å². The van der Waals surface area contributed by atoms with E-state index in [9.17, 15) is 4.79 Å². The molecule has 0 aliphatic carbocycles. The summed E-state index contributed by atoms with van der Waals surface area (Å²) in [4.78, 5) is 16.1. The summed E-state index contributed by atoms with van der Waals surface area (Å²) in [6.07, 6.45) is 2.00. The van der Waals surface area contributed by atoms with Gasteiger partial charge in [0.1, 0.15) is 0 Å². The van der Waals surface area contributed by atoms with E-state index in [0.29, 0.717) is 36.2 Å². The van der Waals surface area contributed by atoms with Gasteiger partial charge in [-0.1, -0.05) is 26.8 Å². The predicted molar refractivity (Wildman–Crippen MR) is 98.3 cm³/mol. The van der Waals surface area contributed by atoms with Crippen molar-refractivity contribution >= 4 is 11.6 Å². The van der Waals surface area contributed by atoms with E-state index in [2.05, 4.69) is 29.2 Å². The van der Waals surface area contributed by atoms with Crippen molar-refractivity contribution in [2.24, 2.45) is 5.92 Å². The lowest BCUT2D eigenvalue weighted by molar-refractivity contribution is -0.115. The van der Waals surface area contributed by atoms with Gasteiger partial charge < -0.3 is 14.5 Å². The van der Waals surface area contributed by atoms with Crippen molar-refractivity contribution < 1.29 is 13.9 Å². The monoisotopic (exact) mass is 354 g/mol. The minimum absolute atomic E-state index is 0.0482. The molecule has 0 unspecified atom stereocenters. The molecule has 7 nitrogen and oxygen atoms in total. The second kappa shape index (κ2) is 7.86. The first-order valence-electron chi connectivity index (χ1n) is 8.61. The highest BCUT2D eigenvalue weighted by Gasteiger charge is 2.17. The van der Waals surface area contributed by atoms with Crippen molar-refractivity contribution in [2.45, 2.75) is 27.2 Å². The molecule has 2 heterocycles. The molecule has 2 aromatic heterocycles. The molecule has 0 radical (unpaired) electrons. The zero-order valence-corrected chi connectivity index (χ0v) is 15.1. The maximum absolute atomic E-state index is 11.7. The summed E-state index contributed by atoms with van der Waals surface area (Å²) in [5, 5.41) is 7.31. The number of nitrogens with zero attached hydrogens (tertiary/aromatic N) is 3. The van der Waals surface area contributed by atoms with E-state index in [4.69, 9.17) is 9.15 Å². The standard InChI is InChI=1S/C19H22N4O3/c1-4-17(24)20-14-7-5-8-15(11-14)23-18(16-9-6-10-25-16)21-19(22-23)26-12-13(2)3/h5-11,13H,4,12H2,1-3H3,(H,20,24). The quantitative estimate of drug-likeness (QED) is 0.695. The van der Waals surface area contributed by atoms with E-state index in [1.165, 1.54) is 0 Å². The minimum atomic E-state index is -0.0482. The van der Waals surface area contributed by atoms with E-state index in [-0.39, 0.29) is 11.9 Å². The molecule has 0 saturated heterocycles. The number of aromatic nitrogens is 3. The van der Waals surface area contributed by atoms with E-state index < -0.39 is 0 Å². The van der Waals surface area contributed by atoms with Crippen LogP contribution in [-0.4, -0.2) is 27.3 Å². The van der Waals surface area contributed by atoms with Crippen LogP contribution in [0.1, 0.15) is 27.2 Å². The number of nitrogens with one attached hydrogen (secondary N) is 1. The van der Waals surface area contributed by atoms with E-state index in [1.807, 2.05) is 37.3 Å². The third-order valence-electron chi connectivity index (χ3n) is 3.57. The number of carbonyl (C=O) groups excluding carboxylic acids is 1. The lowest BCUT2D eigenvalue weighted by Gasteiger charge is -2.08. The number of hydrogen-bond donors (Lipinski definition) is 1. The SMILES string of the molecule is CCC(=O)Nc1cccc(-n2nc(OCC(C)C)nc2-c2ccco2)c1. The first kappa shape index (κ1) is 17.7. The lowest BCUT2D eigenvalue weighted by atomic mass is 10.2. The van der Waals surface area contributed by atoms with Crippen molar-refractivity contribution in [3.63, 3.8) is 0 Å². The van der Waals surface area contributed by atoms with E-state index >= 15 is 0 Å². The van der Waals surface area contributed by atoms with Crippen molar-refractivity contribution in [3.05, 3.63) is 42.7 Å². The molecule has 0 aliphatic rings. The van der Waals surface area contributed by atoms with Gasteiger partial charge >= 0.3 is 6.01 Å². The van der Waals surface area contributed by atoms with Gasteiger partial charge in [-0.2, -0.15) is 4.98 Å². The van der Waals surface area contributed by atoms with Crippen LogP contribution in [0.2, 0.25) is 0 Å². The molecule has 3 rings (SSSR count). The Bertz CT molecular complexity index is 869. The van der Waals surface area contributed by atoms with Crippen LogP contribution >= 0.6 is 0 Å². The Balaban J connectivity index is 1.97. The molecule has 26 heavy (non-hydrogen) atoms. The smallest absolute Gasteiger partial charge is 0.336 e. The topological polar surface area (TPSA) is 82.2 Å². The summed E-state index contributed by atoms with van der Waals surface area (Å²) in [6, 6.07) is 11.3. The van der Waals surface area contributed by atoms with Crippen LogP contribution in [-0.2, 0) is 4.79 Å². The fraction of sp³-hybridized carbons (Fsp3) is 0.316. The van der Waals surface area contributed by atoms with Crippen LogP contribution in [0.25, 0.3) is 17.3 Å². The van der Waals surface area contributed by atoms with Crippen molar-refractivity contribution in [2.75, 3.05) is 11.9 Å². The summed E-state index contributed by atoms with van der Waals surface area (Å²) in [6.45, 7) is 6.45. The molecule has 0 fully saturated rings. The first-order chi connectivity index (χ1) is 12.6. The number of amides is 1. The fourth-order valence-electron chi connectivity index (χ4n) is 2.31. The second-order valence-electron chi connectivity index (χ2n) is 6.26. The molecule has 3 aromatic rings. The molecule has 0 aliphatic heterocycles. The van der Waals surface area contributed by atoms with Crippen LogP contribution < -0.4 is 10.1 Å². The van der Waals surface area contributed by atoms with Crippen LogP contribution in [0, 0.1) is 5.92 Å². The van der Waals surface area contributed by atoms with Gasteiger partial charge in [-0.15, -0.1) is 5.10 Å². The summed E-state index contributed by atoms with van der Waals surface area (Å²) < 4.78 is 12.8. The second-order valence-corrected chi connectivity index (χ2v) is 6.26. The van der Waals surface area contributed by atoms with Gasteiger partial charge in [-0.05, 0) is 36.2 Å². The number of hydrogen-bond acceptors (Lipinski definition) is 5. The van der Waals surface area contributed by atoms with Gasteiger partial charge in [0.2, 0.25) is 11.7 Å². The van der Waals surface area contributed by atoms with Crippen molar-refractivity contribution in [1.82, 2.24) is 14.8 Å². The molecular weight excluding hydrogens is 332 g/mol. The number of ether oxygens (including phenoxy) is 1. The molecule has 0 bridgehead atoms. The molecular formula is C19H22N4O3. The highest BCUT2D eigenvalue weighted by atomic mass is 16.5. The number of furan rings is 1. The Hall–Kier alpha value is -3.09. The third kappa shape index (κ3) is 4.11. The largest absolute Gasteiger partial charge is 0.462 e. The Morgan fingerprint density at radius 1 is 1.31 bits per heavy atom. The van der Waals surface area contributed by atoms with E-state index in [0.717, 1.165) is 5.69 Å². The lowest BCUT2D eigenvalue weighted by Crippen LogP contribution is -2.10. The molecule has 0 saturated carbocycles. The maximum atomic E-state index is 11.7. The number of anilines is 1. The first-order valence-corrected chi connectivity index (χ1v) is 8.61. The minimum Gasteiger partial charge on any atom is -0.462 e. The van der Waals surface area contributed by atoms with Gasteiger partial charge in [0.25, 0.3) is 0 Å². The molecule has 1 N–H and O–H groups in total. The molecule has 1 amide bonds. The van der Waals surface area contributed by atoms with Gasteiger partial charge in [-0.3, -0.25) is 4.79 Å². The molecule has 7 heteroatoms. The normalized spacial score (nSPS) is 10.9. The highest BCUT2D eigenvalue weighted by Crippen LogP contribution is 2.25. The van der Waals surface area contributed by atoms with Crippen molar-refractivity contribution in [1.29, 1.82) is 0 Å². The Morgan fingerprint density at radius 2 is 2.15 bits per heavy atom. The van der Waals surface area contributed by atoms with E-state index in [1.54, 1.807) is 17.0 Å². The summed E-state index contributed by atoms with van der Waals surface area (Å²) >= 11 is 0.